The molecular formula is C17H12F9NO2S. The van der Waals surface area contributed by atoms with Gasteiger partial charge in [-0.15, -0.1) is 0 Å². The van der Waals surface area contributed by atoms with Crippen LogP contribution in [0.25, 0.3) is 0 Å². The maximum absolute atomic E-state index is 13.9. The normalized spacial score (nSPS) is 13.9. The number of benzene rings is 2. The van der Waals surface area contributed by atoms with Crippen LogP contribution in [0, 0.1) is 0 Å². The van der Waals surface area contributed by atoms with Crippen molar-refractivity contribution in [2.45, 2.75) is 29.7 Å². The van der Waals surface area contributed by atoms with Crippen LogP contribution in [0.4, 0.5) is 45.2 Å². The minimum absolute atomic E-state index is 0.0195. The van der Waals surface area contributed by atoms with E-state index in [0.717, 1.165) is 16.9 Å². The number of sulfonamides is 1. The lowest BCUT2D eigenvalue weighted by atomic mass is 10.0. The highest BCUT2D eigenvalue weighted by Gasteiger charge is 2.85. The van der Waals surface area contributed by atoms with Gasteiger partial charge in [-0.25, -0.2) is 0 Å². The second-order valence-electron chi connectivity index (χ2n) is 6.09. The lowest BCUT2D eigenvalue weighted by Crippen LogP contribution is -2.64. The molecule has 0 bridgehead atoms. The van der Waals surface area contributed by atoms with Gasteiger partial charge in [-0.3, -0.25) is 4.72 Å². The van der Waals surface area contributed by atoms with Gasteiger partial charge in [-0.1, -0.05) is 48.5 Å². The average molecular weight is 465 g/mol. The molecule has 0 unspecified atom stereocenters. The fraction of sp³-hybridized carbons (Fsp3) is 0.294. The molecule has 0 aromatic heterocycles. The summed E-state index contributed by atoms with van der Waals surface area (Å²) in [6, 6.07) is 12.5. The summed E-state index contributed by atoms with van der Waals surface area (Å²) in [6.45, 7) is 0. The zero-order valence-electron chi connectivity index (χ0n) is 14.5. The maximum atomic E-state index is 13.9. The second kappa shape index (κ2) is 7.67. The smallest absolute Gasteiger partial charge is 0.278 e. The number of rotatable bonds is 7. The van der Waals surface area contributed by atoms with Crippen molar-refractivity contribution in [2.24, 2.45) is 0 Å². The lowest BCUT2D eigenvalue weighted by molar-refractivity contribution is -0.382. The Kier molecular flexibility index (Phi) is 6.09. The molecule has 0 amide bonds. The Morgan fingerprint density at radius 2 is 1.20 bits per heavy atom. The third kappa shape index (κ3) is 4.07. The van der Waals surface area contributed by atoms with E-state index in [-0.39, 0.29) is 12.0 Å². The molecule has 30 heavy (non-hydrogen) atoms. The van der Waals surface area contributed by atoms with Crippen molar-refractivity contribution >= 4 is 15.7 Å². The van der Waals surface area contributed by atoms with Crippen molar-refractivity contribution in [2.75, 3.05) is 4.72 Å². The van der Waals surface area contributed by atoms with E-state index in [1.807, 2.05) is 0 Å². The van der Waals surface area contributed by atoms with Crippen LogP contribution < -0.4 is 4.72 Å². The average Bonchev–Trinajstić information content (AvgIpc) is 2.62. The monoisotopic (exact) mass is 465 g/mol. The molecule has 0 aliphatic heterocycles. The topological polar surface area (TPSA) is 46.2 Å². The molecule has 2 aromatic carbocycles. The molecule has 2 aromatic rings. The van der Waals surface area contributed by atoms with Crippen LogP contribution in [0.1, 0.15) is 11.1 Å². The van der Waals surface area contributed by atoms with Crippen molar-refractivity contribution in [1.82, 2.24) is 0 Å². The van der Waals surface area contributed by atoms with Gasteiger partial charge in [0.2, 0.25) is 0 Å². The third-order valence-corrected chi connectivity index (χ3v) is 5.37. The maximum Gasteiger partial charge on any atom is 0.460 e. The molecule has 0 saturated heterocycles. The minimum atomic E-state index is -7.32. The van der Waals surface area contributed by atoms with Crippen LogP contribution in [0.15, 0.2) is 54.6 Å². The van der Waals surface area contributed by atoms with Crippen LogP contribution in [0.3, 0.4) is 0 Å². The molecule has 0 saturated carbocycles. The summed E-state index contributed by atoms with van der Waals surface area (Å²) < 4.78 is 142. The van der Waals surface area contributed by atoms with Gasteiger partial charge in [0, 0.05) is 0 Å². The van der Waals surface area contributed by atoms with Gasteiger partial charge in [0.15, 0.2) is 0 Å². The fourth-order valence-corrected chi connectivity index (χ4v) is 3.41. The zero-order valence-corrected chi connectivity index (χ0v) is 15.3. The number of para-hydroxylation sites is 1. The molecule has 0 spiro atoms. The van der Waals surface area contributed by atoms with E-state index in [0.29, 0.717) is 5.56 Å². The Hall–Kier alpha value is -2.44. The number of halogens is 9. The molecular weight excluding hydrogens is 453 g/mol. The molecule has 0 atom stereocenters. The van der Waals surface area contributed by atoms with E-state index in [2.05, 4.69) is 0 Å². The Labute approximate surface area is 164 Å². The first-order chi connectivity index (χ1) is 13.5. The molecule has 13 heteroatoms. The summed E-state index contributed by atoms with van der Waals surface area (Å²) in [7, 11) is -6.74. The van der Waals surface area contributed by atoms with Crippen LogP contribution in [-0.2, 0) is 16.4 Å². The SMILES string of the molecule is O=S(=O)(Nc1ccccc1Cc1ccccc1)C(F)(F)C(F)(F)C(F)(F)C(F)(F)F. The quantitative estimate of drug-likeness (QED) is 0.554. The third-order valence-electron chi connectivity index (χ3n) is 3.95. The highest BCUT2D eigenvalue weighted by atomic mass is 32.2. The standard InChI is InChI=1S/C17H12F9NO2S/c18-14(19,16(22,23)24)15(20,21)17(25,26)30(28,29)27-13-9-5-4-8-12(13)10-11-6-2-1-3-7-11/h1-9,27H,10H2. The number of anilines is 1. The Morgan fingerprint density at radius 3 is 1.73 bits per heavy atom. The van der Waals surface area contributed by atoms with E-state index >= 15 is 0 Å². The Bertz CT molecular complexity index is 990. The molecule has 0 radical (unpaired) electrons. The predicted octanol–water partition coefficient (Wildman–Crippen LogP) is 5.44. The van der Waals surface area contributed by atoms with Crippen molar-refractivity contribution < 1.29 is 47.9 Å². The Balaban J connectivity index is 2.43. The van der Waals surface area contributed by atoms with Crippen molar-refractivity contribution in [1.29, 1.82) is 0 Å². The molecule has 2 rings (SSSR count). The number of nitrogens with one attached hydrogen (secondary N) is 1. The van der Waals surface area contributed by atoms with E-state index in [1.54, 1.807) is 30.3 Å². The largest absolute Gasteiger partial charge is 0.460 e. The van der Waals surface area contributed by atoms with Crippen LogP contribution >= 0.6 is 0 Å². The highest BCUT2D eigenvalue weighted by Crippen LogP contribution is 2.54. The van der Waals surface area contributed by atoms with Crippen molar-refractivity contribution in [3.63, 3.8) is 0 Å². The molecule has 1 N–H and O–H groups in total. The zero-order chi connectivity index (χ0) is 23.0. The first-order valence-electron chi connectivity index (χ1n) is 7.89. The highest BCUT2D eigenvalue weighted by molar-refractivity contribution is 7.93. The van der Waals surface area contributed by atoms with Crippen molar-refractivity contribution in [3.05, 3.63) is 65.7 Å². The number of alkyl halides is 9. The molecule has 0 aliphatic rings. The van der Waals surface area contributed by atoms with Gasteiger partial charge in [0.25, 0.3) is 0 Å². The summed E-state index contributed by atoms with van der Waals surface area (Å²) in [5.74, 6) is -14.6. The molecule has 0 aliphatic carbocycles. The molecule has 3 nitrogen and oxygen atoms in total. The first-order valence-corrected chi connectivity index (χ1v) is 9.37. The summed E-state index contributed by atoms with van der Waals surface area (Å²) in [5.41, 5.74) is -0.161. The van der Waals surface area contributed by atoms with Gasteiger partial charge in [-0.05, 0) is 23.6 Å². The predicted molar refractivity (Wildman–Crippen MR) is 89.1 cm³/mol. The fourth-order valence-electron chi connectivity index (χ4n) is 2.33. The number of hydrogen-bond acceptors (Lipinski definition) is 2. The van der Waals surface area contributed by atoms with Gasteiger partial charge in [-0.2, -0.15) is 47.9 Å². The van der Waals surface area contributed by atoms with Gasteiger partial charge < -0.3 is 0 Å². The first kappa shape index (κ1) is 23.8. The molecule has 0 fully saturated rings. The van der Waals surface area contributed by atoms with Gasteiger partial charge in [0.1, 0.15) is 0 Å². The molecule has 0 heterocycles. The van der Waals surface area contributed by atoms with E-state index < -0.39 is 39.0 Å². The van der Waals surface area contributed by atoms with E-state index in [9.17, 15) is 47.9 Å². The van der Waals surface area contributed by atoms with Gasteiger partial charge >= 0.3 is 33.3 Å². The summed E-state index contributed by atoms with van der Waals surface area (Å²) in [4.78, 5) is 0. The van der Waals surface area contributed by atoms with Crippen LogP contribution in [-0.4, -0.2) is 31.7 Å². The second-order valence-corrected chi connectivity index (χ2v) is 7.81. The van der Waals surface area contributed by atoms with Crippen LogP contribution in [0.5, 0.6) is 0 Å². The minimum Gasteiger partial charge on any atom is -0.278 e. The summed E-state index contributed by atoms with van der Waals surface area (Å²) in [6.07, 6.45) is -7.21. The van der Waals surface area contributed by atoms with Gasteiger partial charge in [0.05, 0.1) is 5.69 Å². The summed E-state index contributed by atoms with van der Waals surface area (Å²) >= 11 is 0. The van der Waals surface area contributed by atoms with E-state index in [1.165, 1.54) is 12.1 Å². The van der Waals surface area contributed by atoms with Crippen LogP contribution in [0.2, 0.25) is 0 Å². The Morgan fingerprint density at radius 1 is 0.700 bits per heavy atom. The van der Waals surface area contributed by atoms with Crippen molar-refractivity contribution in [3.8, 4) is 0 Å². The lowest BCUT2D eigenvalue weighted by Gasteiger charge is -2.33. The summed E-state index contributed by atoms with van der Waals surface area (Å²) in [5, 5.41) is -6.81. The van der Waals surface area contributed by atoms with E-state index in [4.69, 9.17) is 0 Å². The number of hydrogen-bond donors (Lipinski definition) is 1. The molecule has 166 valence electrons.